The minimum Gasteiger partial charge on any atom is -0.348 e. The number of piperidine rings is 1. The van der Waals surface area contributed by atoms with Crippen molar-refractivity contribution in [2.45, 2.75) is 25.8 Å². The van der Waals surface area contributed by atoms with Gasteiger partial charge in [-0.2, -0.15) is 0 Å². The zero-order valence-electron chi connectivity index (χ0n) is 14.1. The van der Waals surface area contributed by atoms with E-state index in [-0.39, 0.29) is 11.9 Å². The lowest BCUT2D eigenvalue weighted by Crippen LogP contribution is -2.45. The van der Waals surface area contributed by atoms with Crippen molar-refractivity contribution in [2.24, 2.45) is 0 Å². The number of amides is 1. The Morgan fingerprint density at radius 2 is 2.16 bits per heavy atom. The fourth-order valence-electron chi connectivity index (χ4n) is 3.27. The summed E-state index contributed by atoms with van der Waals surface area (Å²) in [4.78, 5) is 17.5. The number of hydrogen-bond donors (Lipinski definition) is 2. The van der Waals surface area contributed by atoms with E-state index in [1.54, 1.807) is 0 Å². The van der Waals surface area contributed by atoms with Gasteiger partial charge in [0.15, 0.2) is 0 Å². The van der Waals surface area contributed by atoms with Gasteiger partial charge in [-0.3, -0.25) is 4.79 Å². The second-order valence-corrected chi connectivity index (χ2v) is 6.39. The molecule has 1 atom stereocenters. The molecule has 4 rings (SSSR count). The molecule has 1 fully saturated rings. The number of rotatable bonds is 3. The Morgan fingerprint density at radius 3 is 2.92 bits per heavy atom. The highest BCUT2D eigenvalue weighted by atomic mass is 16.5. The van der Waals surface area contributed by atoms with Crippen LogP contribution in [0, 0.1) is 6.92 Å². The number of aromatic nitrogens is 2. The summed E-state index contributed by atoms with van der Waals surface area (Å²) in [6, 6.07) is 11.7. The minimum atomic E-state index is -0.107. The standard InChI is InChI=1S/C19H20N4O2/c1-12-17-15(18(24)21-14-8-5-9-20-11-14)10-16(22-19(17)25-23-12)13-6-3-2-4-7-13/h2-4,6-7,10,14,20H,5,8-9,11H2,1H3,(H,21,24)/t14-/m0/s1. The van der Waals surface area contributed by atoms with Gasteiger partial charge >= 0.3 is 0 Å². The molecule has 0 unspecified atom stereocenters. The number of pyridine rings is 1. The van der Waals surface area contributed by atoms with E-state index >= 15 is 0 Å². The normalized spacial score (nSPS) is 17.6. The molecule has 3 heterocycles. The maximum Gasteiger partial charge on any atom is 0.259 e. The SMILES string of the molecule is Cc1noc2nc(-c3ccccc3)cc(C(=O)N[C@H]3CCCNC3)c12. The van der Waals surface area contributed by atoms with E-state index in [1.807, 2.05) is 43.3 Å². The molecule has 1 saturated heterocycles. The molecule has 6 heteroatoms. The van der Waals surface area contributed by atoms with Crippen molar-refractivity contribution < 1.29 is 9.32 Å². The minimum absolute atomic E-state index is 0.107. The fraction of sp³-hybridized carbons (Fsp3) is 0.316. The summed E-state index contributed by atoms with van der Waals surface area (Å²) in [5, 5.41) is 11.1. The van der Waals surface area contributed by atoms with Crippen molar-refractivity contribution in [1.29, 1.82) is 0 Å². The molecule has 1 aromatic carbocycles. The number of benzene rings is 1. The summed E-state index contributed by atoms with van der Waals surface area (Å²) >= 11 is 0. The second kappa shape index (κ2) is 6.64. The van der Waals surface area contributed by atoms with Gasteiger partial charge in [-0.05, 0) is 32.4 Å². The average molecular weight is 336 g/mol. The Morgan fingerprint density at radius 1 is 1.32 bits per heavy atom. The van der Waals surface area contributed by atoms with Crippen LogP contribution in [0.3, 0.4) is 0 Å². The highest BCUT2D eigenvalue weighted by Crippen LogP contribution is 2.27. The molecule has 3 aromatic rings. The van der Waals surface area contributed by atoms with Crippen LogP contribution in [-0.2, 0) is 0 Å². The van der Waals surface area contributed by atoms with E-state index in [2.05, 4.69) is 20.8 Å². The van der Waals surface area contributed by atoms with Crippen LogP contribution in [0.5, 0.6) is 0 Å². The summed E-state index contributed by atoms with van der Waals surface area (Å²) in [5.74, 6) is -0.107. The zero-order valence-corrected chi connectivity index (χ0v) is 14.1. The number of aryl methyl sites for hydroxylation is 1. The molecular weight excluding hydrogens is 316 g/mol. The number of fused-ring (bicyclic) bond motifs is 1. The van der Waals surface area contributed by atoms with Gasteiger partial charge in [0, 0.05) is 18.2 Å². The third kappa shape index (κ3) is 3.13. The van der Waals surface area contributed by atoms with E-state index in [0.29, 0.717) is 28.1 Å². The molecule has 0 radical (unpaired) electrons. The highest BCUT2D eigenvalue weighted by Gasteiger charge is 2.22. The molecule has 0 spiro atoms. The quantitative estimate of drug-likeness (QED) is 0.769. The Bertz CT molecular complexity index is 898. The Kier molecular flexibility index (Phi) is 4.19. The first-order valence-corrected chi connectivity index (χ1v) is 8.56. The molecule has 2 aromatic heterocycles. The summed E-state index contributed by atoms with van der Waals surface area (Å²) < 4.78 is 5.34. The molecule has 1 aliphatic rings. The lowest BCUT2D eigenvalue weighted by atomic mass is 10.0. The van der Waals surface area contributed by atoms with E-state index in [0.717, 1.165) is 31.5 Å². The van der Waals surface area contributed by atoms with Crippen molar-refractivity contribution in [2.75, 3.05) is 13.1 Å². The Balaban J connectivity index is 1.75. The van der Waals surface area contributed by atoms with Crippen molar-refractivity contribution in [1.82, 2.24) is 20.8 Å². The van der Waals surface area contributed by atoms with Crippen molar-refractivity contribution >= 4 is 17.0 Å². The summed E-state index contributed by atoms with van der Waals surface area (Å²) in [5.41, 5.74) is 3.27. The van der Waals surface area contributed by atoms with Crippen LogP contribution in [0.2, 0.25) is 0 Å². The van der Waals surface area contributed by atoms with Crippen LogP contribution in [0.4, 0.5) is 0 Å². The molecule has 2 N–H and O–H groups in total. The molecule has 6 nitrogen and oxygen atoms in total. The van der Waals surface area contributed by atoms with Crippen LogP contribution < -0.4 is 10.6 Å². The van der Waals surface area contributed by atoms with Gasteiger partial charge in [-0.15, -0.1) is 0 Å². The molecule has 25 heavy (non-hydrogen) atoms. The zero-order chi connectivity index (χ0) is 17.2. The first kappa shape index (κ1) is 15.8. The van der Waals surface area contributed by atoms with Gasteiger partial charge in [0.05, 0.1) is 22.3 Å². The summed E-state index contributed by atoms with van der Waals surface area (Å²) in [6.45, 7) is 3.64. The van der Waals surface area contributed by atoms with Crippen LogP contribution in [-0.4, -0.2) is 35.2 Å². The lowest BCUT2D eigenvalue weighted by Gasteiger charge is -2.24. The van der Waals surface area contributed by atoms with Crippen LogP contribution in [0.1, 0.15) is 28.9 Å². The molecule has 0 saturated carbocycles. The maximum absolute atomic E-state index is 12.9. The van der Waals surface area contributed by atoms with E-state index < -0.39 is 0 Å². The van der Waals surface area contributed by atoms with Crippen LogP contribution in [0.25, 0.3) is 22.4 Å². The smallest absolute Gasteiger partial charge is 0.259 e. The van der Waals surface area contributed by atoms with E-state index in [9.17, 15) is 4.79 Å². The molecule has 0 bridgehead atoms. The highest BCUT2D eigenvalue weighted by molar-refractivity contribution is 6.07. The average Bonchev–Trinajstić information content (AvgIpc) is 3.03. The molecule has 1 aliphatic heterocycles. The van der Waals surface area contributed by atoms with E-state index in [4.69, 9.17) is 4.52 Å². The van der Waals surface area contributed by atoms with Gasteiger partial charge < -0.3 is 15.2 Å². The number of hydrogen-bond acceptors (Lipinski definition) is 5. The molecule has 128 valence electrons. The predicted molar refractivity (Wildman–Crippen MR) is 95.3 cm³/mol. The largest absolute Gasteiger partial charge is 0.348 e. The number of nitrogens with one attached hydrogen (secondary N) is 2. The van der Waals surface area contributed by atoms with Gasteiger partial charge in [0.25, 0.3) is 11.6 Å². The Labute approximate surface area is 145 Å². The molecule has 0 aliphatic carbocycles. The summed E-state index contributed by atoms with van der Waals surface area (Å²) in [7, 11) is 0. The van der Waals surface area contributed by atoms with Crippen LogP contribution >= 0.6 is 0 Å². The second-order valence-electron chi connectivity index (χ2n) is 6.39. The van der Waals surface area contributed by atoms with E-state index in [1.165, 1.54) is 0 Å². The van der Waals surface area contributed by atoms with Crippen molar-refractivity contribution in [3.8, 4) is 11.3 Å². The Hall–Kier alpha value is -2.73. The first-order valence-electron chi connectivity index (χ1n) is 8.56. The third-order valence-corrected chi connectivity index (χ3v) is 4.56. The predicted octanol–water partition coefficient (Wildman–Crippen LogP) is 2.68. The topological polar surface area (TPSA) is 80.0 Å². The van der Waals surface area contributed by atoms with Crippen molar-refractivity contribution in [3.63, 3.8) is 0 Å². The molecular formula is C19H20N4O2. The van der Waals surface area contributed by atoms with Crippen molar-refractivity contribution in [3.05, 3.63) is 47.7 Å². The van der Waals surface area contributed by atoms with Gasteiger partial charge in [-0.25, -0.2) is 4.98 Å². The lowest BCUT2D eigenvalue weighted by molar-refractivity contribution is 0.0932. The number of carbonyl (C=O) groups excluding carboxylic acids is 1. The van der Waals surface area contributed by atoms with Gasteiger partial charge in [-0.1, -0.05) is 35.5 Å². The fourth-order valence-corrected chi connectivity index (χ4v) is 3.27. The van der Waals surface area contributed by atoms with Gasteiger partial charge in [0.2, 0.25) is 0 Å². The first-order chi connectivity index (χ1) is 12.2. The number of nitrogens with zero attached hydrogens (tertiary/aromatic N) is 2. The van der Waals surface area contributed by atoms with Crippen LogP contribution in [0.15, 0.2) is 40.9 Å². The van der Waals surface area contributed by atoms with Gasteiger partial charge in [0.1, 0.15) is 0 Å². The maximum atomic E-state index is 12.9. The monoisotopic (exact) mass is 336 g/mol. The third-order valence-electron chi connectivity index (χ3n) is 4.56. The summed E-state index contributed by atoms with van der Waals surface area (Å²) in [6.07, 6.45) is 2.05. The number of carbonyl (C=O) groups is 1. The molecule has 1 amide bonds.